The van der Waals surface area contributed by atoms with E-state index in [2.05, 4.69) is 85.9 Å². The summed E-state index contributed by atoms with van der Waals surface area (Å²) in [6.45, 7) is 23.9. The van der Waals surface area contributed by atoms with E-state index in [9.17, 15) is 10.5 Å². The summed E-state index contributed by atoms with van der Waals surface area (Å²) in [5.41, 5.74) is 2.19. The highest BCUT2D eigenvalue weighted by molar-refractivity contribution is 7.43. The third kappa shape index (κ3) is 9.16. The Kier molecular flexibility index (Phi) is 13.8. The van der Waals surface area contributed by atoms with E-state index in [1.165, 1.54) is 96.3 Å². The monoisotopic (exact) mass is 818 g/mol. The van der Waals surface area contributed by atoms with Gasteiger partial charge in [0, 0.05) is 59.9 Å². The first-order chi connectivity index (χ1) is 26.3. The van der Waals surface area contributed by atoms with Gasteiger partial charge in [0.2, 0.25) is 0 Å². The van der Waals surface area contributed by atoms with Crippen molar-refractivity contribution in [3.05, 3.63) is 91.5 Å². The molecule has 0 spiro atoms. The van der Waals surface area contributed by atoms with Crippen molar-refractivity contribution in [1.82, 2.24) is 0 Å². The highest BCUT2D eigenvalue weighted by Gasteiger charge is 2.21. The molecule has 2 atom stereocenters. The van der Waals surface area contributed by atoms with Crippen LogP contribution in [0.3, 0.4) is 0 Å². The summed E-state index contributed by atoms with van der Waals surface area (Å²) < 4.78 is 3.88. The highest BCUT2D eigenvalue weighted by atomic mass is 32.2. The molecule has 0 fully saturated rings. The van der Waals surface area contributed by atoms with Gasteiger partial charge in [-0.05, 0) is 78.3 Å². The Bertz CT molecular complexity index is 2210. The van der Waals surface area contributed by atoms with Gasteiger partial charge in [0.1, 0.15) is 30.9 Å². The Balaban J connectivity index is 1.25. The number of nitrogens with zero attached hydrogens (tertiary/aromatic N) is 4. The maximum atomic E-state index is 9.49. The van der Waals surface area contributed by atoms with Crippen LogP contribution in [0.25, 0.3) is 69.9 Å². The van der Waals surface area contributed by atoms with E-state index in [0.29, 0.717) is 11.8 Å². The molecular formula is C44H42N4S6. The number of thiophene rings is 6. The number of unbranched alkanes of at least 4 members (excludes halogenated alkanes) is 2. The van der Waals surface area contributed by atoms with Crippen LogP contribution in [-0.4, -0.2) is 0 Å². The fraction of sp³-hybridized carbons (Fsp3) is 0.364. The van der Waals surface area contributed by atoms with E-state index in [1.807, 2.05) is 68.0 Å². The third-order valence-electron chi connectivity index (χ3n) is 9.92. The summed E-state index contributed by atoms with van der Waals surface area (Å²) in [4.78, 5) is 17.0. The second-order valence-corrected chi connectivity index (χ2v) is 20.4. The van der Waals surface area contributed by atoms with E-state index in [0.717, 1.165) is 36.8 Å². The number of fused-ring (bicyclic) bond motifs is 2. The third-order valence-corrected chi connectivity index (χ3v) is 17.5. The van der Waals surface area contributed by atoms with Gasteiger partial charge in [0.15, 0.2) is 0 Å². The van der Waals surface area contributed by atoms with Gasteiger partial charge in [-0.1, -0.05) is 79.1 Å². The van der Waals surface area contributed by atoms with Gasteiger partial charge < -0.3 is 0 Å². The first-order valence-corrected chi connectivity index (χ1v) is 23.5. The van der Waals surface area contributed by atoms with Crippen LogP contribution in [0.5, 0.6) is 0 Å². The number of rotatable bonds is 17. The number of allylic oxidation sites excluding steroid dienone is 1. The van der Waals surface area contributed by atoms with E-state index >= 15 is 0 Å². The average Bonchev–Trinajstić information content (AvgIpc) is 4.03. The number of hydrogen-bond acceptors (Lipinski definition) is 8. The molecule has 0 bridgehead atoms. The first-order valence-electron chi connectivity index (χ1n) is 18.6. The molecule has 0 radical (unpaired) electrons. The van der Waals surface area contributed by atoms with Crippen molar-refractivity contribution in [1.29, 1.82) is 10.5 Å². The van der Waals surface area contributed by atoms with Gasteiger partial charge in [0.05, 0.1) is 4.01 Å². The van der Waals surface area contributed by atoms with Crippen molar-refractivity contribution in [2.75, 3.05) is 0 Å². The highest BCUT2D eigenvalue weighted by Crippen LogP contribution is 2.49. The summed E-state index contributed by atoms with van der Waals surface area (Å²) >= 11 is 11.0. The lowest BCUT2D eigenvalue weighted by molar-refractivity contribution is 0.452. The van der Waals surface area contributed by atoms with Gasteiger partial charge in [-0.15, -0.1) is 68.0 Å². The zero-order valence-corrected chi connectivity index (χ0v) is 36.0. The van der Waals surface area contributed by atoms with Crippen LogP contribution in [0, 0.1) is 47.6 Å². The lowest BCUT2D eigenvalue weighted by Crippen LogP contribution is -2.03. The molecule has 6 heterocycles. The summed E-state index contributed by atoms with van der Waals surface area (Å²) in [6.07, 6.45) is 15.0. The zero-order chi connectivity index (χ0) is 38.2. The van der Waals surface area contributed by atoms with Crippen LogP contribution in [0.1, 0.15) is 99.9 Å². The van der Waals surface area contributed by atoms with Crippen molar-refractivity contribution in [3.8, 4) is 41.4 Å². The molecule has 4 nitrogen and oxygen atoms in total. The quantitative estimate of drug-likeness (QED) is 0.0680. The fourth-order valence-corrected chi connectivity index (χ4v) is 14.3. The Labute approximate surface area is 343 Å². The number of hydrogen-bond donors (Lipinski definition) is 0. The molecular weight excluding hydrogens is 777 g/mol. The Morgan fingerprint density at radius 2 is 1.07 bits per heavy atom. The molecule has 0 aromatic carbocycles. The molecule has 274 valence electrons. The maximum absolute atomic E-state index is 9.49. The lowest BCUT2D eigenvalue weighted by Gasteiger charge is -2.13. The van der Waals surface area contributed by atoms with E-state index < -0.39 is 0 Å². The van der Waals surface area contributed by atoms with Gasteiger partial charge >= 0.3 is 5.82 Å². The SMILES string of the molecule is [C-]#[N+]C(=Cc1cc(-c2cc3cc(-c4cc5sc(-c6cc(C=C(C#N)C#N)c(CC(CC)CCCC)s6)cc5s4)sc3s2)sc1CC(CC)CCCC)[N+]#[C-]. The van der Waals surface area contributed by atoms with Crippen molar-refractivity contribution < 1.29 is 0 Å². The molecule has 0 N–H and O–H groups in total. The zero-order valence-electron chi connectivity index (χ0n) is 31.1. The van der Waals surface area contributed by atoms with Crippen molar-refractivity contribution in [2.45, 2.75) is 91.9 Å². The molecule has 0 saturated heterocycles. The van der Waals surface area contributed by atoms with Crippen molar-refractivity contribution in [3.63, 3.8) is 0 Å². The second kappa shape index (κ2) is 18.7. The maximum Gasteiger partial charge on any atom is 0.519 e. The Morgan fingerprint density at radius 3 is 1.48 bits per heavy atom. The molecule has 0 aliphatic rings. The summed E-state index contributed by atoms with van der Waals surface area (Å²) in [7, 11) is 0. The van der Waals surface area contributed by atoms with Crippen LogP contribution in [0.2, 0.25) is 0 Å². The average molecular weight is 819 g/mol. The largest absolute Gasteiger partial charge is 0.519 e. The predicted molar refractivity (Wildman–Crippen MR) is 239 cm³/mol. The molecule has 6 aromatic heterocycles. The van der Waals surface area contributed by atoms with E-state index in [1.54, 1.807) is 12.2 Å². The minimum absolute atomic E-state index is 0.122. The topological polar surface area (TPSA) is 56.3 Å². The first kappa shape index (κ1) is 39.8. The van der Waals surface area contributed by atoms with Crippen LogP contribution in [0.15, 0.2) is 47.8 Å². The van der Waals surface area contributed by atoms with Crippen molar-refractivity contribution >= 4 is 99.0 Å². The predicted octanol–water partition coefficient (Wildman–Crippen LogP) is 16.4. The fourth-order valence-electron chi connectivity index (χ4n) is 6.74. The second-order valence-electron chi connectivity index (χ2n) is 13.6. The van der Waals surface area contributed by atoms with Gasteiger partial charge in [-0.2, -0.15) is 20.2 Å². The van der Waals surface area contributed by atoms with Crippen molar-refractivity contribution in [2.24, 2.45) is 11.8 Å². The Hall–Kier alpha value is -3.84. The van der Waals surface area contributed by atoms with E-state index in [4.69, 9.17) is 13.1 Å². The molecule has 54 heavy (non-hydrogen) atoms. The summed E-state index contributed by atoms with van der Waals surface area (Å²) in [6, 6.07) is 17.8. The molecule has 0 saturated carbocycles. The van der Waals surface area contributed by atoms with Crippen LogP contribution in [-0.2, 0) is 12.8 Å². The molecule has 0 aliphatic carbocycles. The number of nitriles is 2. The molecule has 6 rings (SSSR count). The minimum Gasteiger partial charge on any atom is -0.192 e. The van der Waals surface area contributed by atoms with Gasteiger partial charge in [0.25, 0.3) is 0 Å². The smallest absolute Gasteiger partial charge is 0.192 e. The van der Waals surface area contributed by atoms with Crippen LogP contribution < -0.4 is 0 Å². The minimum atomic E-state index is 0.122. The normalized spacial score (nSPS) is 12.2. The van der Waals surface area contributed by atoms with Crippen LogP contribution >= 0.6 is 68.0 Å². The molecule has 0 amide bonds. The summed E-state index contributed by atoms with van der Waals surface area (Å²) in [5.74, 6) is 1.33. The van der Waals surface area contributed by atoms with Crippen LogP contribution in [0.4, 0.5) is 0 Å². The Morgan fingerprint density at radius 1 is 0.630 bits per heavy atom. The van der Waals surface area contributed by atoms with Gasteiger partial charge in [-0.3, -0.25) is 0 Å². The molecule has 0 aliphatic heterocycles. The molecule has 2 unspecified atom stereocenters. The standard InChI is InChI=1S/C44H42N4S6/c1-7-11-13-27(9-3)16-33-30(15-29(25-45)26-46)18-36(49-33)39-23-41-42(51-39)24-40(52-41)38-21-32-20-37(53-44(32)54-38)35-19-31(22-43(47-5)48-6)34(50-35)17-28(10-4)14-12-8-2/h15,18-24,27-28H,7-14,16-17H2,1-4H3. The molecule has 6 aromatic rings. The summed E-state index contributed by atoms with van der Waals surface area (Å²) in [5, 5.41) is 20.2. The molecule has 10 heteroatoms. The van der Waals surface area contributed by atoms with E-state index in [-0.39, 0.29) is 11.4 Å². The lowest BCUT2D eigenvalue weighted by atomic mass is 9.94. The van der Waals surface area contributed by atoms with Gasteiger partial charge in [-0.25, -0.2) is 0 Å².